The predicted octanol–water partition coefficient (Wildman–Crippen LogP) is 4.41. The Labute approximate surface area is 173 Å². The number of likely N-dealkylation sites (N-methyl/N-ethyl adjacent to an activating group) is 1. The van der Waals surface area contributed by atoms with Gasteiger partial charge in [-0.1, -0.05) is 30.3 Å². The van der Waals surface area contributed by atoms with Gasteiger partial charge in [-0.15, -0.1) is 0 Å². The average molecular weight is 403 g/mol. The summed E-state index contributed by atoms with van der Waals surface area (Å²) in [7, 11) is 3.06. The van der Waals surface area contributed by atoms with E-state index in [4.69, 9.17) is 9.15 Å². The van der Waals surface area contributed by atoms with Crippen LogP contribution < -0.4 is 4.74 Å². The standard InChI is InChI=1S/C24H21NO5/c1-25(14-16-7-9-17(10-8-16)24(27)28-2)23(26)15-29-18-11-12-22-20(13-18)19-5-3-4-6-21(19)30-22/h3-13H,14-15H2,1-2H3. The lowest BCUT2D eigenvalue weighted by atomic mass is 10.1. The topological polar surface area (TPSA) is 69.0 Å². The summed E-state index contributed by atoms with van der Waals surface area (Å²) in [5, 5.41) is 1.96. The number of methoxy groups -OCH3 is 1. The minimum absolute atomic E-state index is 0.0714. The maximum Gasteiger partial charge on any atom is 0.337 e. The Kier molecular flexibility index (Phi) is 5.39. The number of fused-ring (bicyclic) bond motifs is 3. The first-order valence-electron chi connectivity index (χ1n) is 9.50. The molecule has 0 aliphatic heterocycles. The molecule has 0 radical (unpaired) electrons. The summed E-state index contributed by atoms with van der Waals surface area (Å²) in [6.07, 6.45) is 0. The van der Waals surface area contributed by atoms with Gasteiger partial charge in [-0.3, -0.25) is 4.79 Å². The van der Waals surface area contributed by atoms with Crippen molar-refractivity contribution in [1.29, 1.82) is 0 Å². The van der Waals surface area contributed by atoms with Crippen LogP contribution in [0.15, 0.2) is 71.1 Å². The molecule has 1 aromatic heterocycles. The maximum absolute atomic E-state index is 12.5. The largest absolute Gasteiger partial charge is 0.484 e. The van der Waals surface area contributed by atoms with Gasteiger partial charge in [0.15, 0.2) is 6.61 Å². The van der Waals surface area contributed by atoms with Crippen molar-refractivity contribution in [3.63, 3.8) is 0 Å². The molecule has 1 heterocycles. The second-order valence-corrected chi connectivity index (χ2v) is 6.98. The number of esters is 1. The molecular formula is C24H21NO5. The highest BCUT2D eigenvalue weighted by atomic mass is 16.5. The third-order valence-electron chi connectivity index (χ3n) is 4.93. The van der Waals surface area contributed by atoms with Gasteiger partial charge in [0.2, 0.25) is 0 Å². The van der Waals surface area contributed by atoms with Gasteiger partial charge < -0.3 is 18.8 Å². The molecule has 30 heavy (non-hydrogen) atoms. The maximum atomic E-state index is 12.5. The van der Waals surface area contributed by atoms with Crippen molar-refractivity contribution >= 4 is 33.8 Å². The van der Waals surface area contributed by atoms with Crippen LogP contribution in [0.3, 0.4) is 0 Å². The molecule has 0 spiro atoms. The first kappa shape index (κ1) is 19.5. The Morgan fingerprint density at radius 1 is 0.933 bits per heavy atom. The molecule has 4 rings (SSSR count). The highest BCUT2D eigenvalue weighted by molar-refractivity contribution is 6.05. The minimum atomic E-state index is -0.387. The van der Waals surface area contributed by atoms with Crippen LogP contribution in [-0.2, 0) is 16.1 Å². The predicted molar refractivity (Wildman–Crippen MR) is 113 cm³/mol. The van der Waals surface area contributed by atoms with Gasteiger partial charge in [0.25, 0.3) is 5.91 Å². The van der Waals surface area contributed by atoms with Crippen LogP contribution in [0.25, 0.3) is 21.9 Å². The van der Waals surface area contributed by atoms with Crippen LogP contribution >= 0.6 is 0 Å². The van der Waals surface area contributed by atoms with E-state index in [-0.39, 0.29) is 18.5 Å². The van der Waals surface area contributed by atoms with Gasteiger partial charge >= 0.3 is 5.97 Å². The lowest BCUT2D eigenvalue weighted by molar-refractivity contribution is -0.132. The molecule has 0 bridgehead atoms. The average Bonchev–Trinajstić information content (AvgIpc) is 3.15. The number of hydrogen-bond donors (Lipinski definition) is 0. The van der Waals surface area contributed by atoms with E-state index in [9.17, 15) is 9.59 Å². The van der Waals surface area contributed by atoms with E-state index in [1.807, 2.05) is 36.4 Å². The van der Waals surface area contributed by atoms with Crippen LogP contribution in [0.4, 0.5) is 0 Å². The highest BCUT2D eigenvalue weighted by Gasteiger charge is 2.13. The van der Waals surface area contributed by atoms with Crippen molar-refractivity contribution in [2.45, 2.75) is 6.54 Å². The normalized spacial score (nSPS) is 10.9. The number of hydrogen-bond acceptors (Lipinski definition) is 5. The second-order valence-electron chi connectivity index (χ2n) is 6.98. The fourth-order valence-electron chi connectivity index (χ4n) is 3.28. The molecule has 0 saturated heterocycles. The van der Waals surface area contributed by atoms with Crippen molar-refractivity contribution in [3.05, 3.63) is 77.9 Å². The third-order valence-corrected chi connectivity index (χ3v) is 4.93. The SMILES string of the molecule is COC(=O)c1ccc(CN(C)C(=O)COc2ccc3oc4ccccc4c3c2)cc1. The number of furan rings is 1. The van der Waals surface area contributed by atoms with E-state index in [0.717, 1.165) is 27.5 Å². The number of amides is 1. The van der Waals surface area contributed by atoms with Crippen molar-refractivity contribution in [1.82, 2.24) is 4.90 Å². The molecule has 0 aliphatic rings. The van der Waals surface area contributed by atoms with Crippen molar-refractivity contribution in [3.8, 4) is 5.75 Å². The number of benzene rings is 3. The fraction of sp³-hybridized carbons (Fsp3) is 0.167. The van der Waals surface area contributed by atoms with Crippen LogP contribution in [0.2, 0.25) is 0 Å². The molecule has 1 amide bonds. The van der Waals surface area contributed by atoms with E-state index in [2.05, 4.69) is 4.74 Å². The summed E-state index contributed by atoms with van der Waals surface area (Å²) >= 11 is 0. The molecule has 152 valence electrons. The minimum Gasteiger partial charge on any atom is -0.484 e. The zero-order valence-electron chi connectivity index (χ0n) is 16.8. The molecule has 0 unspecified atom stereocenters. The van der Waals surface area contributed by atoms with Gasteiger partial charge in [0.1, 0.15) is 16.9 Å². The van der Waals surface area contributed by atoms with Gasteiger partial charge in [0.05, 0.1) is 12.7 Å². The summed E-state index contributed by atoms with van der Waals surface area (Å²) in [5.74, 6) is 0.0733. The van der Waals surface area contributed by atoms with E-state index in [1.165, 1.54) is 7.11 Å². The molecule has 3 aromatic carbocycles. The number of rotatable bonds is 6. The molecule has 6 heteroatoms. The summed E-state index contributed by atoms with van der Waals surface area (Å²) in [6, 6.07) is 20.3. The van der Waals surface area contributed by atoms with Crippen LogP contribution in [0.1, 0.15) is 15.9 Å². The zero-order valence-corrected chi connectivity index (χ0v) is 16.8. The van der Waals surface area contributed by atoms with Gasteiger partial charge in [-0.25, -0.2) is 4.79 Å². The quantitative estimate of drug-likeness (QED) is 0.446. The monoisotopic (exact) mass is 403 g/mol. The second kappa shape index (κ2) is 8.29. The number of ether oxygens (including phenoxy) is 2. The van der Waals surface area contributed by atoms with E-state index in [0.29, 0.717) is 17.9 Å². The Hall–Kier alpha value is -3.80. The summed E-state index contributed by atoms with van der Waals surface area (Å²) < 4.78 is 16.2. The van der Waals surface area contributed by atoms with Gasteiger partial charge in [0, 0.05) is 24.4 Å². The molecule has 0 saturated carbocycles. The fourth-order valence-corrected chi connectivity index (χ4v) is 3.28. The van der Waals surface area contributed by atoms with Crippen molar-refractivity contribution < 1.29 is 23.5 Å². The summed E-state index contributed by atoms with van der Waals surface area (Å²) in [5.41, 5.74) is 2.98. The van der Waals surface area contributed by atoms with Gasteiger partial charge in [-0.2, -0.15) is 0 Å². The van der Waals surface area contributed by atoms with Gasteiger partial charge in [-0.05, 0) is 42.0 Å². The summed E-state index contributed by atoms with van der Waals surface area (Å²) in [6.45, 7) is 0.340. The number of nitrogens with zero attached hydrogens (tertiary/aromatic N) is 1. The molecule has 6 nitrogen and oxygen atoms in total. The smallest absolute Gasteiger partial charge is 0.337 e. The third kappa shape index (κ3) is 3.98. The summed E-state index contributed by atoms with van der Waals surface area (Å²) in [4.78, 5) is 25.6. The molecular weight excluding hydrogens is 382 g/mol. The molecule has 0 atom stereocenters. The van der Waals surface area contributed by atoms with Crippen molar-refractivity contribution in [2.24, 2.45) is 0 Å². The molecule has 0 fully saturated rings. The lowest BCUT2D eigenvalue weighted by Gasteiger charge is -2.17. The highest BCUT2D eigenvalue weighted by Crippen LogP contribution is 2.31. The Balaban J connectivity index is 1.39. The Bertz CT molecular complexity index is 1210. The first-order valence-corrected chi connectivity index (χ1v) is 9.50. The Morgan fingerprint density at radius 3 is 2.43 bits per heavy atom. The number of carbonyl (C=O) groups excluding carboxylic acids is 2. The van der Waals surface area contributed by atoms with Crippen LogP contribution in [0.5, 0.6) is 5.75 Å². The van der Waals surface area contributed by atoms with E-state index in [1.54, 1.807) is 42.3 Å². The zero-order chi connectivity index (χ0) is 21.1. The lowest BCUT2D eigenvalue weighted by Crippen LogP contribution is -2.30. The Morgan fingerprint density at radius 2 is 1.67 bits per heavy atom. The van der Waals surface area contributed by atoms with Crippen LogP contribution in [0, 0.1) is 0 Å². The number of carbonyl (C=O) groups is 2. The first-order chi connectivity index (χ1) is 14.5. The molecule has 0 N–H and O–H groups in total. The van der Waals surface area contributed by atoms with E-state index >= 15 is 0 Å². The van der Waals surface area contributed by atoms with Crippen LogP contribution in [-0.4, -0.2) is 37.5 Å². The molecule has 4 aromatic rings. The molecule has 0 aliphatic carbocycles. The van der Waals surface area contributed by atoms with E-state index < -0.39 is 0 Å². The van der Waals surface area contributed by atoms with Crippen molar-refractivity contribution in [2.75, 3.05) is 20.8 Å². The number of para-hydroxylation sites is 1.